The van der Waals surface area contributed by atoms with Crippen molar-refractivity contribution in [3.63, 3.8) is 0 Å². The number of fused-ring (bicyclic) bond motifs is 1. The summed E-state index contributed by atoms with van der Waals surface area (Å²) in [6.07, 6.45) is 0.524. The number of rotatable bonds is 6. The lowest BCUT2D eigenvalue weighted by molar-refractivity contribution is 0.102. The minimum atomic E-state index is -3.70. The number of benzene rings is 4. The molecule has 7 heteroatoms. The predicted octanol–water partition coefficient (Wildman–Crippen LogP) is 5.87. The standard InChI is InChI=1S/C28H24N2O4S/c1-20-18-22-19-21(16-17-26(22)30(20)35(32,33)24-12-6-3-7-13-24)28(31)29-25-14-8-9-15-27(25)34-23-10-4-2-5-11-23/h2-17,19-20H,18H2,1H3,(H,29,31)/t20-/m0/s1. The molecule has 0 saturated carbocycles. The molecule has 1 aliphatic rings. The van der Waals surface area contributed by atoms with Gasteiger partial charge in [0.1, 0.15) is 5.75 Å². The summed E-state index contributed by atoms with van der Waals surface area (Å²) >= 11 is 0. The molecule has 1 atom stereocenters. The molecule has 1 N–H and O–H groups in total. The van der Waals surface area contributed by atoms with Gasteiger partial charge < -0.3 is 10.1 Å². The van der Waals surface area contributed by atoms with Crippen LogP contribution in [0.3, 0.4) is 0 Å². The molecule has 0 unspecified atom stereocenters. The summed E-state index contributed by atoms with van der Waals surface area (Å²) in [6, 6.07) is 29.8. The highest BCUT2D eigenvalue weighted by atomic mass is 32.2. The van der Waals surface area contributed by atoms with Gasteiger partial charge in [0.15, 0.2) is 5.75 Å². The molecule has 35 heavy (non-hydrogen) atoms. The number of carbonyl (C=O) groups excluding carboxylic acids is 1. The minimum absolute atomic E-state index is 0.247. The van der Waals surface area contributed by atoms with Gasteiger partial charge in [0, 0.05) is 11.6 Å². The highest BCUT2D eigenvalue weighted by Crippen LogP contribution is 2.37. The molecule has 0 saturated heterocycles. The fourth-order valence-corrected chi connectivity index (χ4v) is 6.00. The van der Waals surface area contributed by atoms with Crippen molar-refractivity contribution in [1.82, 2.24) is 0 Å². The Morgan fingerprint density at radius 1 is 0.886 bits per heavy atom. The Balaban J connectivity index is 1.39. The van der Waals surface area contributed by atoms with E-state index in [1.54, 1.807) is 60.7 Å². The lowest BCUT2D eigenvalue weighted by Gasteiger charge is -2.24. The maximum atomic E-state index is 13.3. The zero-order valence-electron chi connectivity index (χ0n) is 19.1. The van der Waals surface area contributed by atoms with Crippen LogP contribution < -0.4 is 14.4 Å². The van der Waals surface area contributed by atoms with Crippen LogP contribution in [0.2, 0.25) is 0 Å². The number of carbonyl (C=O) groups is 1. The number of nitrogens with one attached hydrogen (secondary N) is 1. The molecule has 1 aliphatic heterocycles. The lowest BCUT2D eigenvalue weighted by atomic mass is 10.1. The van der Waals surface area contributed by atoms with E-state index in [0.717, 1.165) is 5.56 Å². The summed E-state index contributed by atoms with van der Waals surface area (Å²) in [5.74, 6) is 0.899. The van der Waals surface area contributed by atoms with Crippen molar-refractivity contribution in [3.05, 3.63) is 114 Å². The number of nitrogens with zero attached hydrogens (tertiary/aromatic N) is 1. The zero-order valence-corrected chi connectivity index (χ0v) is 19.9. The first-order chi connectivity index (χ1) is 16.9. The van der Waals surface area contributed by atoms with E-state index in [9.17, 15) is 13.2 Å². The molecule has 0 bridgehead atoms. The molecule has 0 radical (unpaired) electrons. The van der Waals surface area contributed by atoms with Crippen LogP contribution in [0, 0.1) is 0 Å². The van der Waals surface area contributed by atoms with Crippen molar-refractivity contribution in [2.45, 2.75) is 24.3 Å². The minimum Gasteiger partial charge on any atom is -0.455 e. The van der Waals surface area contributed by atoms with E-state index in [4.69, 9.17) is 4.74 Å². The first-order valence-electron chi connectivity index (χ1n) is 11.3. The van der Waals surface area contributed by atoms with Gasteiger partial charge in [-0.15, -0.1) is 0 Å². The Hall–Kier alpha value is -4.10. The van der Waals surface area contributed by atoms with Crippen LogP contribution in [0.1, 0.15) is 22.8 Å². The molecule has 4 aromatic rings. The van der Waals surface area contributed by atoms with Crippen molar-refractivity contribution in [2.75, 3.05) is 9.62 Å². The molecule has 1 amide bonds. The van der Waals surface area contributed by atoms with E-state index < -0.39 is 10.0 Å². The Kier molecular flexibility index (Phi) is 6.01. The third-order valence-electron chi connectivity index (χ3n) is 5.90. The Bertz CT molecular complexity index is 1470. The van der Waals surface area contributed by atoms with Gasteiger partial charge in [0.25, 0.3) is 15.9 Å². The highest BCUT2D eigenvalue weighted by molar-refractivity contribution is 7.92. The van der Waals surface area contributed by atoms with E-state index in [1.807, 2.05) is 49.4 Å². The number of hydrogen-bond acceptors (Lipinski definition) is 4. The van der Waals surface area contributed by atoms with E-state index >= 15 is 0 Å². The number of para-hydroxylation sites is 3. The quantitative estimate of drug-likeness (QED) is 0.371. The topological polar surface area (TPSA) is 75.7 Å². The third-order valence-corrected chi connectivity index (χ3v) is 7.84. The lowest BCUT2D eigenvalue weighted by Crippen LogP contribution is -2.35. The molecule has 0 aromatic heterocycles. The molecule has 176 valence electrons. The van der Waals surface area contributed by atoms with Crippen LogP contribution in [0.5, 0.6) is 11.5 Å². The van der Waals surface area contributed by atoms with Crippen LogP contribution in [-0.2, 0) is 16.4 Å². The van der Waals surface area contributed by atoms with Crippen molar-refractivity contribution >= 4 is 27.3 Å². The number of hydrogen-bond donors (Lipinski definition) is 1. The van der Waals surface area contributed by atoms with Crippen LogP contribution in [-0.4, -0.2) is 20.4 Å². The predicted molar refractivity (Wildman–Crippen MR) is 137 cm³/mol. The second-order valence-corrected chi connectivity index (χ2v) is 10.2. The maximum Gasteiger partial charge on any atom is 0.264 e. The van der Waals surface area contributed by atoms with E-state index in [1.165, 1.54) is 4.31 Å². The first-order valence-corrected chi connectivity index (χ1v) is 12.7. The Morgan fingerprint density at radius 3 is 2.29 bits per heavy atom. The molecular formula is C28H24N2O4S. The van der Waals surface area contributed by atoms with Crippen LogP contribution >= 0.6 is 0 Å². The van der Waals surface area contributed by atoms with Gasteiger partial charge in [-0.1, -0.05) is 48.5 Å². The number of anilines is 2. The monoisotopic (exact) mass is 484 g/mol. The van der Waals surface area contributed by atoms with E-state index in [-0.39, 0.29) is 16.8 Å². The van der Waals surface area contributed by atoms with E-state index in [2.05, 4.69) is 5.32 Å². The second-order valence-electron chi connectivity index (χ2n) is 8.38. The maximum absolute atomic E-state index is 13.3. The fraction of sp³-hybridized carbons (Fsp3) is 0.107. The average Bonchev–Trinajstić information content (AvgIpc) is 3.22. The summed E-state index contributed by atoms with van der Waals surface area (Å²) in [5.41, 5.74) is 2.41. The summed E-state index contributed by atoms with van der Waals surface area (Å²) < 4.78 is 34.0. The van der Waals surface area contributed by atoms with Crippen molar-refractivity contribution in [2.24, 2.45) is 0 Å². The largest absolute Gasteiger partial charge is 0.455 e. The van der Waals surface area contributed by atoms with Crippen molar-refractivity contribution in [3.8, 4) is 11.5 Å². The van der Waals surface area contributed by atoms with Crippen molar-refractivity contribution in [1.29, 1.82) is 0 Å². The number of sulfonamides is 1. The smallest absolute Gasteiger partial charge is 0.264 e. The molecule has 5 rings (SSSR count). The molecule has 1 heterocycles. The van der Waals surface area contributed by atoms with Gasteiger partial charge in [-0.3, -0.25) is 9.10 Å². The normalized spacial score (nSPS) is 14.9. The average molecular weight is 485 g/mol. The van der Waals surface area contributed by atoms with Gasteiger partial charge in [-0.2, -0.15) is 0 Å². The number of amides is 1. The van der Waals surface area contributed by atoms with Gasteiger partial charge in [-0.05, 0) is 73.5 Å². The second kappa shape index (κ2) is 9.27. The molecule has 0 aliphatic carbocycles. The summed E-state index contributed by atoms with van der Waals surface area (Å²) in [6.45, 7) is 1.87. The SMILES string of the molecule is C[C@H]1Cc2cc(C(=O)Nc3ccccc3Oc3ccccc3)ccc2N1S(=O)(=O)c1ccccc1. The molecular weight excluding hydrogens is 460 g/mol. The van der Waals surface area contributed by atoms with Crippen LogP contribution in [0.25, 0.3) is 0 Å². The van der Waals surface area contributed by atoms with Gasteiger partial charge in [0.05, 0.1) is 16.3 Å². The zero-order chi connectivity index (χ0) is 24.4. The molecule has 6 nitrogen and oxygen atoms in total. The van der Waals surface area contributed by atoms with Gasteiger partial charge in [0.2, 0.25) is 0 Å². The molecule has 4 aromatic carbocycles. The molecule has 0 fully saturated rings. The Morgan fingerprint density at radius 2 is 1.54 bits per heavy atom. The summed E-state index contributed by atoms with van der Waals surface area (Å²) in [5, 5.41) is 2.92. The van der Waals surface area contributed by atoms with E-state index in [0.29, 0.717) is 34.9 Å². The third kappa shape index (κ3) is 4.50. The fourth-order valence-electron chi connectivity index (χ4n) is 4.29. The summed E-state index contributed by atoms with van der Waals surface area (Å²) in [4.78, 5) is 13.3. The first kappa shape index (κ1) is 22.7. The van der Waals surface area contributed by atoms with Crippen molar-refractivity contribution < 1.29 is 17.9 Å². The highest BCUT2D eigenvalue weighted by Gasteiger charge is 2.36. The van der Waals surface area contributed by atoms with Crippen LogP contribution in [0.15, 0.2) is 108 Å². The summed E-state index contributed by atoms with van der Waals surface area (Å²) in [7, 11) is -3.70. The number of ether oxygens (including phenoxy) is 1. The Labute approximate surface area is 204 Å². The van der Waals surface area contributed by atoms with Gasteiger partial charge >= 0.3 is 0 Å². The van der Waals surface area contributed by atoms with Crippen LogP contribution in [0.4, 0.5) is 11.4 Å². The van der Waals surface area contributed by atoms with Gasteiger partial charge in [-0.25, -0.2) is 8.42 Å². The molecule has 0 spiro atoms.